The van der Waals surface area contributed by atoms with E-state index in [2.05, 4.69) is 45.6 Å². The fourth-order valence-corrected chi connectivity index (χ4v) is 9.26. The minimum absolute atomic E-state index is 0.0301. The van der Waals surface area contributed by atoms with Gasteiger partial charge in [-0.25, -0.2) is 14.4 Å². The number of piperidine rings is 2. The zero-order valence-corrected chi connectivity index (χ0v) is 37.0. The van der Waals surface area contributed by atoms with Crippen molar-refractivity contribution in [3.63, 3.8) is 0 Å². The molecule has 3 aromatic carbocycles. The van der Waals surface area contributed by atoms with Crippen LogP contribution in [0.4, 0.5) is 10.2 Å². The van der Waals surface area contributed by atoms with E-state index in [4.69, 9.17) is 19.4 Å². The second-order valence-electron chi connectivity index (χ2n) is 16.6. The Bertz CT molecular complexity index is 2260. The average molecular weight is 900 g/mol. The lowest BCUT2D eigenvalue weighted by atomic mass is 9.87. The molecule has 2 fully saturated rings. The van der Waals surface area contributed by atoms with Crippen LogP contribution in [0.15, 0.2) is 53.0 Å². The number of unbranched alkanes of at least 4 members (excludes halogenated alkanes) is 7. The predicted octanol–water partition coefficient (Wildman–Crippen LogP) is 9.08. The minimum Gasteiger partial charge on any atom is -0.493 e. The molecule has 0 saturated carbocycles. The molecule has 2 unspecified atom stereocenters. The fourth-order valence-electron chi connectivity index (χ4n) is 8.84. The largest absolute Gasteiger partial charge is 0.493 e. The molecule has 14 heteroatoms. The number of benzene rings is 3. The molecule has 2 saturated heterocycles. The van der Waals surface area contributed by atoms with E-state index in [1.165, 1.54) is 11.0 Å². The van der Waals surface area contributed by atoms with Gasteiger partial charge in [0, 0.05) is 54.0 Å². The average Bonchev–Trinajstić information content (AvgIpc) is 3.55. The first-order valence-electron chi connectivity index (χ1n) is 21.7. The van der Waals surface area contributed by atoms with Crippen LogP contribution >= 0.6 is 15.9 Å². The Balaban J connectivity index is 0.768. The van der Waals surface area contributed by atoms with Crippen molar-refractivity contribution in [2.45, 2.75) is 122 Å². The number of aryl methyl sites for hydroxylation is 1. The summed E-state index contributed by atoms with van der Waals surface area (Å²) in [7, 11) is 1.65. The van der Waals surface area contributed by atoms with Crippen molar-refractivity contribution in [2.75, 3.05) is 32.1 Å². The number of hydrogen-bond acceptors (Lipinski definition) is 9. The van der Waals surface area contributed by atoms with Gasteiger partial charge in [-0.2, -0.15) is 0 Å². The number of fused-ring (bicyclic) bond motifs is 2. The van der Waals surface area contributed by atoms with Crippen LogP contribution in [-0.2, 0) is 20.9 Å². The highest BCUT2D eigenvalue weighted by atomic mass is 79.9. The summed E-state index contributed by atoms with van der Waals surface area (Å²) in [6.07, 6.45) is 10.7. The molecular weight excluding hydrogens is 843 g/mol. The van der Waals surface area contributed by atoms with Gasteiger partial charge in [-0.1, -0.05) is 72.7 Å². The summed E-state index contributed by atoms with van der Waals surface area (Å²) < 4.78 is 28.3. The number of hydrogen-bond donors (Lipinski definition) is 2. The predicted molar refractivity (Wildman–Crippen MR) is 235 cm³/mol. The van der Waals surface area contributed by atoms with Gasteiger partial charge < -0.3 is 24.6 Å². The van der Waals surface area contributed by atoms with E-state index >= 15 is 4.39 Å². The molecule has 0 radical (unpaired) electrons. The number of likely N-dealkylation sites (tertiary alicyclic amines) is 1. The van der Waals surface area contributed by atoms with Crippen molar-refractivity contribution in [1.29, 1.82) is 0 Å². The first-order chi connectivity index (χ1) is 29.5. The van der Waals surface area contributed by atoms with E-state index < -0.39 is 17.8 Å². The molecule has 4 amide bonds. The van der Waals surface area contributed by atoms with Crippen LogP contribution in [0.2, 0.25) is 0 Å². The molecule has 4 heterocycles. The molecule has 324 valence electrons. The number of ether oxygens (including phenoxy) is 2. The summed E-state index contributed by atoms with van der Waals surface area (Å²) >= 11 is 3.56. The molecule has 0 bridgehead atoms. The maximum absolute atomic E-state index is 15.4. The Morgan fingerprint density at radius 2 is 1.69 bits per heavy atom. The second kappa shape index (κ2) is 20.2. The normalized spacial score (nSPS) is 17.4. The summed E-state index contributed by atoms with van der Waals surface area (Å²) in [4.78, 5) is 62.8. The second-order valence-corrected chi connectivity index (χ2v) is 17.5. The zero-order chi connectivity index (χ0) is 43.0. The third-order valence-corrected chi connectivity index (χ3v) is 12.8. The quantitative estimate of drug-likeness (QED) is 0.0739. The van der Waals surface area contributed by atoms with Gasteiger partial charge in [0.2, 0.25) is 17.7 Å². The van der Waals surface area contributed by atoms with Crippen molar-refractivity contribution in [3.8, 4) is 11.5 Å². The summed E-state index contributed by atoms with van der Waals surface area (Å²) in [6, 6.07) is 14.5. The molecule has 3 aliphatic heterocycles. The number of amides is 4. The number of nitrogens with zero attached hydrogens (tertiary/aromatic N) is 4. The van der Waals surface area contributed by atoms with Gasteiger partial charge in [-0.3, -0.25) is 24.5 Å². The number of rotatable bonds is 18. The molecular formula is C47H56BrFN6O6. The molecule has 3 aliphatic rings. The van der Waals surface area contributed by atoms with E-state index in [1.807, 2.05) is 36.1 Å². The monoisotopic (exact) mass is 898 g/mol. The molecule has 61 heavy (non-hydrogen) atoms. The van der Waals surface area contributed by atoms with Gasteiger partial charge in [-0.15, -0.1) is 0 Å². The maximum Gasteiger partial charge on any atom is 0.255 e. The number of halogens is 2. The number of anilines is 1. The highest BCUT2D eigenvalue weighted by molar-refractivity contribution is 9.10. The van der Waals surface area contributed by atoms with Crippen molar-refractivity contribution in [3.05, 3.63) is 86.9 Å². The highest BCUT2D eigenvalue weighted by Crippen LogP contribution is 2.37. The SMILES string of the molecule is COc1cc2c(NC(C)c3cccc(Br)c3)nc(C)nc2cc1OCCCCCCCCCCC(=O)N1CCC(c2cc3c(cc2F)C(=O)N(C2CCC(=O)NC2=O)C3)CC1. The van der Waals surface area contributed by atoms with Gasteiger partial charge in [0.15, 0.2) is 11.5 Å². The summed E-state index contributed by atoms with van der Waals surface area (Å²) in [5.41, 5.74) is 3.49. The lowest BCUT2D eigenvalue weighted by molar-refractivity contribution is -0.137. The van der Waals surface area contributed by atoms with Crippen LogP contribution in [0.25, 0.3) is 10.9 Å². The van der Waals surface area contributed by atoms with E-state index in [0.717, 1.165) is 78.1 Å². The van der Waals surface area contributed by atoms with Gasteiger partial charge in [0.05, 0.1) is 25.3 Å². The minimum atomic E-state index is -0.734. The molecule has 12 nitrogen and oxygen atoms in total. The molecule has 0 spiro atoms. The Hall–Kier alpha value is -5.11. The number of carbonyl (C=O) groups excluding carboxylic acids is 4. The molecule has 2 atom stereocenters. The molecule has 2 N–H and O–H groups in total. The first-order valence-corrected chi connectivity index (χ1v) is 22.5. The summed E-state index contributed by atoms with van der Waals surface area (Å²) in [5, 5.41) is 6.73. The van der Waals surface area contributed by atoms with Crippen LogP contribution in [0.1, 0.15) is 135 Å². The number of aromatic nitrogens is 2. The summed E-state index contributed by atoms with van der Waals surface area (Å²) in [6.45, 7) is 5.96. The van der Waals surface area contributed by atoms with Crippen molar-refractivity contribution in [1.82, 2.24) is 25.1 Å². The lowest BCUT2D eigenvalue weighted by Gasteiger charge is -2.32. The Kier molecular flexibility index (Phi) is 14.5. The van der Waals surface area contributed by atoms with E-state index in [-0.39, 0.29) is 54.6 Å². The van der Waals surface area contributed by atoms with E-state index in [9.17, 15) is 19.2 Å². The number of carbonyl (C=O) groups is 4. The third-order valence-electron chi connectivity index (χ3n) is 12.3. The van der Waals surface area contributed by atoms with Crippen molar-refractivity contribution in [2.24, 2.45) is 0 Å². The third kappa shape index (κ3) is 10.7. The van der Waals surface area contributed by atoms with Gasteiger partial charge >= 0.3 is 0 Å². The zero-order valence-electron chi connectivity index (χ0n) is 35.4. The van der Waals surface area contributed by atoms with E-state index in [1.54, 1.807) is 13.2 Å². The Labute approximate surface area is 365 Å². The van der Waals surface area contributed by atoms with E-state index in [0.29, 0.717) is 67.4 Å². The van der Waals surface area contributed by atoms with Crippen LogP contribution in [0, 0.1) is 12.7 Å². The lowest BCUT2D eigenvalue weighted by Crippen LogP contribution is -2.52. The van der Waals surface area contributed by atoms with Crippen LogP contribution in [0.3, 0.4) is 0 Å². The maximum atomic E-state index is 15.4. The van der Waals surface area contributed by atoms with Gasteiger partial charge in [0.1, 0.15) is 23.5 Å². The number of nitrogens with one attached hydrogen (secondary N) is 2. The number of imide groups is 1. The smallest absolute Gasteiger partial charge is 0.255 e. The van der Waals surface area contributed by atoms with Gasteiger partial charge in [-0.05, 0) is 92.8 Å². The topological polar surface area (TPSA) is 143 Å². The van der Waals surface area contributed by atoms with Gasteiger partial charge in [0.25, 0.3) is 5.91 Å². The Morgan fingerprint density at radius 1 is 0.951 bits per heavy atom. The molecule has 4 aromatic rings. The first kappa shape index (κ1) is 44.0. The molecule has 0 aliphatic carbocycles. The van der Waals surface area contributed by atoms with Crippen molar-refractivity contribution >= 4 is 56.3 Å². The summed E-state index contributed by atoms with van der Waals surface area (Å²) in [5.74, 6) is 1.23. The van der Waals surface area contributed by atoms with Crippen LogP contribution < -0.4 is 20.1 Å². The number of methoxy groups -OCH3 is 1. The van der Waals surface area contributed by atoms with Crippen LogP contribution in [-0.4, -0.2) is 76.2 Å². The Morgan fingerprint density at radius 3 is 2.41 bits per heavy atom. The standard InChI is InChI=1S/C47H56BrFN6O6/c1-29(32-13-12-14-34(48)23-32)50-45-37-26-41(60-3)42(27-39(37)51-30(2)52-45)61-22-11-9-7-5-4-6-8-10-15-44(57)54-20-18-31(19-21-54)35-24-33-28-55(47(59)36(33)25-38(35)49)40-16-17-43(56)53-46(40)58/h12-14,23-27,29,31,40H,4-11,15-22,28H2,1-3H3,(H,50,51,52)(H,53,56,58). The fraction of sp³-hybridized carbons (Fsp3) is 0.489. The highest BCUT2D eigenvalue weighted by Gasteiger charge is 2.40. The molecule has 7 rings (SSSR count). The van der Waals surface area contributed by atoms with Crippen molar-refractivity contribution < 1.29 is 33.0 Å². The molecule has 1 aromatic heterocycles. The van der Waals surface area contributed by atoms with Crippen LogP contribution in [0.5, 0.6) is 11.5 Å².